The van der Waals surface area contributed by atoms with Crippen molar-refractivity contribution < 1.29 is 13.2 Å². The molecule has 1 aromatic carbocycles. The summed E-state index contributed by atoms with van der Waals surface area (Å²) in [5.41, 5.74) is 6.42. The highest BCUT2D eigenvalue weighted by Crippen LogP contribution is 2.15. The molecule has 0 unspecified atom stereocenters. The zero-order chi connectivity index (χ0) is 14.3. The summed E-state index contributed by atoms with van der Waals surface area (Å²) in [4.78, 5) is 11.5. The predicted molar refractivity (Wildman–Crippen MR) is 76.4 cm³/mol. The first-order valence-electron chi connectivity index (χ1n) is 6.07. The Morgan fingerprint density at radius 2 is 1.79 bits per heavy atom. The van der Waals surface area contributed by atoms with Gasteiger partial charge in [-0.1, -0.05) is 0 Å². The molecule has 1 rings (SSSR count). The second-order valence-corrected chi connectivity index (χ2v) is 6.03. The number of hydrogen-bond acceptors (Lipinski definition) is 4. The van der Waals surface area contributed by atoms with Gasteiger partial charge in [0.15, 0.2) is 0 Å². The Kier molecular flexibility index (Phi) is 5.78. The van der Waals surface area contributed by atoms with Gasteiger partial charge < -0.3 is 11.1 Å². The topological polar surface area (TPSA) is 101 Å². The normalized spacial score (nSPS) is 11.1. The smallest absolute Gasteiger partial charge is 0.232 e. The molecule has 0 aliphatic carbocycles. The molecule has 7 heteroatoms. The predicted octanol–water partition coefficient (Wildman–Crippen LogP) is 1.13. The lowest BCUT2D eigenvalue weighted by Gasteiger charge is -2.08. The molecular formula is C12H19N3O3S. The van der Waals surface area contributed by atoms with Crippen LogP contribution >= 0.6 is 0 Å². The molecule has 0 saturated carbocycles. The van der Waals surface area contributed by atoms with Crippen LogP contribution in [-0.2, 0) is 14.8 Å². The summed E-state index contributed by atoms with van der Waals surface area (Å²) in [5.74, 6) is -0.0859. The van der Waals surface area contributed by atoms with Gasteiger partial charge in [-0.15, -0.1) is 0 Å². The van der Waals surface area contributed by atoms with Crippen LogP contribution in [0.25, 0.3) is 0 Å². The highest BCUT2D eigenvalue weighted by molar-refractivity contribution is 7.92. The van der Waals surface area contributed by atoms with Crippen molar-refractivity contribution in [3.8, 4) is 0 Å². The van der Waals surface area contributed by atoms with Gasteiger partial charge in [-0.05, 0) is 44.2 Å². The lowest BCUT2D eigenvalue weighted by molar-refractivity contribution is -0.116. The Balaban J connectivity index is 2.59. The summed E-state index contributed by atoms with van der Waals surface area (Å²) in [7, 11) is -3.27. The summed E-state index contributed by atoms with van der Waals surface area (Å²) in [6.07, 6.45) is 1.01. The van der Waals surface area contributed by atoms with Crippen molar-refractivity contribution in [3.63, 3.8) is 0 Å². The molecule has 0 spiro atoms. The van der Waals surface area contributed by atoms with Crippen LogP contribution in [0.1, 0.15) is 19.8 Å². The van der Waals surface area contributed by atoms with E-state index >= 15 is 0 Å². The Labute approximate surface area is 113 Å². The number of hydrogen-bond donors (Lipinski definition) is 3. The monoisotopic (exact) mass is 285 g/mol. The zero-order valence-corrected chi connectivity index (χ0v) is 11.7. The first-order chi connectivity index (χ1) is 8.96. The van der Waals surface area contributed by atoms with Crippen LogP contribution < -0.4 is 15.8 Å². The van der Waals surface area contributed by atoms with E-state index in [0.717, 1.165) is 0 Å². The van der Waals surface area contributed by atoms with E-state index in [1.165, 1.54) is 0 Å². The van der Waals surface area contributed by atoms with Crippen LogP contribution in [0.3, 0.4) is 0 Å². The fourth-order valence-electron chi connectivity index (χ4n) is 1.36. The molecule has 0 aliphatic rings. The molecule has 6 nitrogen and oxygen atoms in total. The van der Waals surface area contributed by atoms with E-state index in [9.17, 15) is 13.2 Å². The summed E-state index contributed by atoms with van der Waals surface area (Å²) >= 11 is 0. The second kappa shape index (κ2) is 7.10. The highest BCUT2D eigenvalue weighted by Gasteiger charge is 2.06. The summed E-state index contributed by atoms with van der Waals surface area (Å²) < 4.78 is 25.1. The molecule has 19 heavy (non-hydrogen) atoms. The fourth-order valence-corrected chi connectivity index (χ4v) is 2.00. The van der Waals surface area contributed by atoms with Crippen LogP contribution in [-0.4, -0.2) is 26.6 Å². The lowest BCUT2D eigenvalue weighted by Crippen LogP contribution is -2.15. The van der Waals surface area contributed by atoms with Crippen LogP contribution in [0.2, 0.25) is 0 Å². The minimum atomic E-state index is -3.27. The number of nitrogens with two attached hydrogens (primary N) is 1. The van der Waals surface area contributed by atoms with Crippen LogP contribution in [0.5, 0.6) is 0 Å². The summed E-state index contributed by atoms with van der Waals surface area (Å²) in [6, 6.07) is 6.50. The van der Waals surface area contributed by atoms with Gasteiger partial charge in [-0.3, -0.25) is 9.52 Å². The van der Waals surface area contributed by atoms with Crippen LogP contribution in [0, 0.1) is 0 Å². The van der Waals surface area contributed by atoms with Gasteiger partial charge in [0.2, 0.25) is 15.9 Å². The third kappa shape index (κ3) is 5.71. The van der Waals surface area contributed by atoms with Crippen LogP contribution in [0.4, 0.5) is 11.4 Å². The van der Waals surface area contributed by atoms with E-state index in [4.69, 9.17) is 5.73 Å². The van der Waals surface area contributed by atoms with Gasteiger partial charge in [0.05, 0.1) is 5.75 Å². The van der Waals surface area contributed by atoms with Gasteiger partial charge in [-0.2, -0.15) is 0 Å². The maximum atomic E-state index is 11.5. The maximum Gasteiger partial charge on any atom is 0.232 e. The van der Waals surface area contributed by atoms with Crippen molar-refractivity contribution in [1.82, 2.24) is 0 Å². The molecule has 0 saturated heterocycles. The van der Waals surface area contributed by atoms with Crippen molar-refractivity contribution in [2.75, 3.05) is 22.3 Å². The van der Waals surface area contributed by atoms with Gasteiger partial charge >= 0.3 is 0 Å². The van der Waals surface area contributed by atoms with E-state index in [1.807, 2.05) is 0 Å². The molecule has 0 heterocycles. The Morgan fingerprint density at radius 3 is 2.32 bits per heavy atom. The van der Waals surface area contributed by atoms with E-state index in [0.29, 0.717) is 30.8 Å². The van der Waals surface area contributed by atoms with Gasteiger partial charge in [0, 0.05) is 17.8 Å². The Bertz CT molecular complexity index is 512. The van der Waals surface area contributed by atoms with Gasteiger partial charge in [-0.25, -0.2) is 8.42 Å². The number of sulfonamides is 1. The standard InChI is InChI=1S/C12H19N3O3S/c1-2-19(17,18)15-11-7-5-10(6-8-11)14-12(16)4-3-9-13/h5-8,15H,2-4,9,13H2,1H3,(H,14,16). The molecule has 0 radical (unpaired) electrons. The van der Waals surface area contributed by atoms with Crippen molar-refractivity contribution in [2.45, 2.75) is 19.8 Å². The lowest BCUT2D eigenvalue weighted by atomic mass is 10.2. The average Bonchev–Trinajstić information content (AvgIpc) is 2.38. The number of benzene rings is 1. The third-order valence-electron chi connectivity index (χ3n) is 2.43. The zero-order valence-electron chi connectivity index (χ0n) is 10.8. The maximum absolute atomic E-state index is 11.5. The summed E-state index contributed by atoms with van der Waals surface area (Å²) in [6.45, 7) is 2.04. The van der Waals surface area contributed by atoms with Gasteiger partial charge in [0.1, 0.15) is 0 Å². The molecule has 1 amide bonds. The largest absolute Gasteiger partial charge is 0.330 e. The fraction of sp³-hybridized carbons (Fsp3) is 0.417. The molecule has 0 aliphatic heterocycles. The molecule has 0 atom stereocenters. The first kappa shape index (κ1) is 15.5. The van der Waals surface area contributed by atoms with E-state index in [2.05, 4.69) is 10.0 Å². The van der Waals surface area contributed by atoms with E-state index in [1.54, 1.807) is 31.2 Å². The molecule has 1 aromatic rings. The van der Waals surface area contributed by atoms with E-state index < -0.39 is 10.0 Å². The van der Waals surface area contributed by atoms with Crippen molar-refractivity contribution in [2.24, 2.45) is 5.73 Å². The van der Waals surface area contributed by atoms with Crippen molar-refractivity contribution >= 4 is 27.3 Å². The average molecular weight is 285 g/mol. The molecule has 0 bridgehead atoms. The SMILES string of the molecule is CCS(=O)(=O)Nc1ccc(NC(=O)CCCN)cc1. The number of carbonyl (C=O) groups excluding carboxylic acids is 1. The van der Waals surface area contributed by atoms with E-state index in [-0.39, 0.29) is 11.7 Å². The molecule has 0 aromatic heterocycles. The first-order valence-corrected chi connectivity index (χ1v) is 7.72. The van der Waals surface area contributed by atoms with Crippen molar-refractivity contribution in [1.29, 1.82) is 0 Å². The molecule has 106 valence electrons. The molecule has 0 fully saturated rings. The Hall–Kier alpha value is -1.60. The van der Waals surface area contributed by atoms with Crippen molar-refractivity contribution in [3.05, 3.63) is 24.3 Å². The molecular weight excluding hydrogens is 266 g/mol. The number of anilines is 2. The molecule has 4 N–H and O–H groups in total. The third-order valence-corrected chi connectivity index (χ3v) is 3.74. The number of nitrogens with one attached hydrogen (secondary N) is 2. The quantitative estimate of drug-likeness (QED) is 0.699. The van der Waals surface area contributed by atoms with Gasteiger partial charge in [0.25, 0.3) is 0 Å². The number of rotatable bonds is 7. The number of carbonyl (C=O) groups is 1. The minimum absolute atomic E-state index is 0.0184. The Morgan fingerprint density at radius 1 is 1.21 bits per heavy atom. The van der Waals surface area contributed by atoms with Crippen LogP contribution in [0.15, 0.2) is 24.3 Å². The summed E-state index contributed by atoms with van der Waals surface area (Å²) in [5, 5.41) is 2.71. The minimum Gasteiger partial charge on any atom is -0.330 e. The number of amides is 1. The highest BCUT2D eigenvalue weighted by atomic mass is 32.2. The second-order valence-electron chi connectivity index (χ2n) is 4.02.